The van der Waals surface area contributed by atoms with Gasteiger partial charge >= 0.3 is 0 Å². The van der Waals surface area contributed by atoms with E-state index in [1.54, 1.807) is 38.1 Å². The summed E-state index contributed by atoms with van der Waals surface area (Å²) in [6.45, 7) is 1.24. The third kappa shape index (κ3) is 4.05. The number of para-hydroxylation sites is 1. The van der Waals surface area contributed by atoms with Crippen LogP contribution >= 0.6 is 11.8 Å². The molecule has 0 spiro atoms. The molecule has 1 heterocycles. The second-order valence-electron chi connectivity index (χ2n) is 7.14. The minimum Gasteiger partial charge on any atom is -0.504 e. The number of ether oxygens (including phenoxy) is 2. The molecule has 3 aromatic rings. The number of phenolic OH excluding ortho intramolecular Hbond substituents is 1. The molecular weight excluding hydrogens is 401 g/mol. The molecular formula is C24H24FNO3S. The molecule has 4 rings (SSSR count). The molecule has 6 heteroatoms. The summed E-state index contributed by atoms with van der Waals surface area (Å²) in [6.07, 6.45) is 0.771. The van der Waals surface area contributed by atoms with Crippen LogP contribution in [-0.4, -0.2) is 25.9 Å². The highest BCUT2D eigenvalue weighted by Gasteiger charge is 2.26. The maximum absolute atomic E-state index is 14.5. The molecule has 0 aromatic heterocycles. The van der Waals surface area contributed by atoms with Gasteiger partial charge in [0.15, 0.2) is 11.5 Å². The lowest BCUT2D eigenvalue weighted by atomic mass is 10.1. The highest BCUT2D eigenvalue weighted by atomic mass is 32.2. The lowest BCUT2D eigenvalue weighted by molar-refractivity contribution is 0.370. The summed E-state index contributed by atoms with van der Waals surface area (Å²) in [5.74, 6) is 1.19. The molecule has 0 saturated heterocycles. The van der Waals surface area contributed by atoms with E-state index in [1.807, 2.05) is 42.5 Å². The summed E-state index contributed by atoms with van der Waals surface area (Å²) in [5, 5.41) is 10.5. The lowest BCUT2D eigenvalue weighted by Gasteiger charge is -2.25. The van der Waals surface area contributed by atoms with Crippen molar-refractivity contribution in [2.24, 2.45) is 0 Å². The lowest BCUT2D eigenvalue weighted by Crippen LogP contribution is -2.24. The SMILES string of the molecule is COc1ccc2c(c1)SC(c1ccccc1F)CCN2Cc1cccc(OC)c1O. The average Bonchev–Trinajstić information content (AvgIpc) is 2.94. The molecule has 1 aliphatic rings. The molecule has 1 atom stereocenters. The van der Waals surface area contributed by atoms with Gasteiger partial charge in [-0.3, -0.25) is 0 Å². The summed E-state index contributed by atoms with van der Waals surface area (Å²) >= 11 is 1.65. The van der Waals surface area contributed by atoms with Crippen LogP contribution in [0.3, 0.4) is 0 Å². The number of nitrogens with zero attached hydrogens (tertiary/aromatic N) is 1. The highest BCUT2D eigenvalue weighted by molar-refractivity contribution is 7.99. The largest absolute Gasteiger partial charge is 0.504 e. The smallest absolute Gasteiger partial charge is 0.162 e. The molecule has 1 unspecified atom stereocenters. The number of anilines is 1. The Kier molecular flexibility index (Phi) is 6.04. The van der Waals surface area contributed by atoms with E-state index in [-0.39, 0.29) is 16.8 Å². The van der Waals surface area contributed by atoms with Gasteiger partial charge in [-0.05, 0) is 36.8 Å². The minimum atomic E-state index is -0.182. The first-order valence-electron chi connectivity index (χ1n) is 9.79. The first kappa shape index (κ1) is 20.4. The normalized spacial score (nSPS) is 16.0. The Labute approximate surface area is 180 Å². The first-order chi connectivity index (χ1) is 14.6. The zero-order valence-corrected chi connectivity index (χ0v) is 17.8. The summed E-state index contributed by atoms with van der Waals surface area (Å²) in [5.41, 5.74) is 2.54. The van der Waals surface area contributed by atoms with Crippen LogP contribution in [0.25, 0.3) is 0 Å². The van der Waals surface area contributed by atoms with Crippen molar-refractivity contribution in [3.63, 3.8) is 0 Å². The van der Waals surface area contributed by atoms with Gasteiger partial charge in [-0.15, -0.1) is 11.8 Å². The standard InChI is InChI=1S/C24H24FNO3S/c1-28-17-10-11-20-23(14-17)30-22(18-7-3-4-8-19(18)25)12-13-26(20)15-16-6-5-9-21(29-2)24(16)27/h3-11,14,22,27H,12-13,15H2,1-2H3. The maximum atomic E-state index is 14.5. The van der Waals surface area contributed by atoms with E-state index in [4.69, 9.17) is 9.47 Å². The molecule has 156 valence electrons. The quantitative estimate of drug-likeness (QED) is 0.560. The predicted molar refractivity (Wildman–Crippen MR) is 118 cm³/mol. The first-order valence-corrected chi connectivity index (χ1v) is 10.7. The van der Waals surface area contributed by atoms with Crippen LogP contribution in [0, 0.1) is 5.82 Å². The van der Waals surface area contributed by atoms with E-state index >= 15 is 0 Å². The van der Waals surface area contributed by atoms with Gasteiger partial charge in [-0.25, -0.2) is 4.39 Å². The fraction of sp³-hybridized carbons (Fsp3) is 0.250. The monoisotopic (exact) mass is 425 g/mol. The van der Waals surface area contributed by atoms with E-state index in [2.05, 4.69) is 4.90 Å². The Balaban J connectivity index is 1.71. The third-order valence-corrected chi connectivity index (χ3v) is 6.71. The number of hydrogen-bond donors (Lipinski definition) is 1. The zero-order valence-electron chi connectivity index (χ0n) is 17.0. The Hall–Kier alpha value is -2.86. The second kappa shape index (κ2) is 8.88. The summed E-state index contributed by atoms with van der Waals surface area (Å²) in [7, 11) is 3.19. The van der Waals surface area contributed by atoms with Gasteiger partial charge in [0.05, 0.1) is 19.9 Å². The Morgan fingerprint density at radius 2 is 1.90 bits per heavy atom. The van der Waals surface area contributed by atoms with Crippen molar-refractivity contribution >= 4 is 17.4 Å². The number of phenols is 1. The fourth-order valence-corrected chi connectivity index (χ4v) is 5.12. The number of halogens is 1. The molecule has 0 amide bonds. The van der Waals surface area contributed by atoms with Gasteiger partial charge in [-0.1, -0.05) is 30.3 Å². The van der Waals surface area contributed by atoms with E-state index in [0.717, 1.165) is 34.9 Å². The number of fused-ring (bicyclic) bond motifs is 1. The molecule has 30 heavy (non-hydrogen) atoms. The van der Waals surface area contributed by atoms with Crippen molar-refractivity contribution in [1.29, 1.82) is 0 Å². The third-order valence-electron chi connectivity index (χ3n) is 5.35. The molecule has 0 bridgehead atoms. The Morgan fingerprint density at radius 3 is 2.67 bits per heavy atom. The van der Waals surface area contributed by atoms with Crippen molar-refractivity contribution in [2.45, 2.75) is 23.1 Å². The molecule has 1 aliphatic heterocycles. The van der Waals surface area contributed by atoms with E-state index < -0.39 is 0 Å². The number of rotatable bonds is 5. The summed E-state index contributed by atoms with van der Waals surface area (Å²) in [6, 6.07) is 18.4. The van der Waals surface area contributed by atoms with E-state index in [9.17, 15) is 9.50 Å². The summed E-state index contributed by atoms with van der Waals surface area (Å²) < 4.78 is 25.2. The van der Waals surface area contributed by atoms with Gasteiger partial charge in [0.25, 0.3) is 0 Å². The van der Waals surface area contributed by atoms with Crippen LogP contribution in [0.2, 0.25) is 0 Å². The predicted octanol–water partition coefficient (Wildman–Crippen LogP) is 5.79. The van der Waals surface area contributed by atoms with Crippen molar-refractivity contribution < 1.29 is 19.0 Å². The molecule has 0 aliphatic carbocycles. The van der Waals surface area contributed by atoms with E-state index in [0.29, 0.717) is 17.9 Å². The van der Waals surface area contributed by atoms with Crippen molar-refractivity contribution in [3.8, 4) is 17.2 Å². The topological polar surface area (TPSA) is 41.9 Å². The van der Waals surface area contributed by atoms with Crippen LogP contribution in [0.1, 0.15) is 22.8 Å². The maximum Gasteiger partial charge on any atom is 0.162 e. The van der Waals surface area contributed by atoms with Crippen LogP contribution in [0.5, 0.6) is 17.2 Å². The van der Waals surface area contributed by atoms with Crippen LogP contribution in [0.15, 0.2) is 65.6 Å². The molecule has 0 radical (unpaired) electrons. The number of thioether (sulfide) groups is 1. The Bertz CT molecular complexity index is 1040. The Morgan fingerprint density at radius 1 is 1.07 bits per heavy atom. The van der Waals surface area contributed by atoms with Gasteiger partial charge < -0.3 is 19.5 Å². The summed E-state index contributed by atoms with van der Waals surface area (Å²) in [4.78, 5) is 3.25. The van der Waals surface area contributed by atoms with Crippen LogP contribution < -0.4 is 14.4 Å². The van der Waals surface area contributed by atoms with Gasteiger partial charge in [-0.2, -0.15) is 0 Å². The minimum absolute atomic E-state index is 0.0130. The van der Waals surface area contributed by atoms with Crippen molar-refractivity contribution in [2.75, 3.05) is 25.7 Å². The van der Waals surface area contributed by atoms with Crippen molar-refractivity contribution in [1.82, 2.24) is 0 Å². The van der Waals surface area contributed by atoms with Gasteiger partial charge in [0.2, 0.25) is 0 Å². The number of hydrogen-bond acceptors (Lipinski definition) is 5. The fourth-order valence-electron chi connectivity index (χ4n) is 3.77. The number of benzene rings is 3. The molecule has 4 nitrogen and oxygen atoms in total. The van der Waals surface area contributed by atoms with Gasteiger partial charge in [0, 0.05) is 34.4 Å². The average molecular weight is 426 g/mol. The van der Waals surface area contributed by atoms with Crippen molar-refractivity contribution in [3.05, 3.63) is 77.6 Å². The molecule has 0 saturated carbocycles. The number of methoxy groups -OCH3 is 2. The highest BCUT2D eigenvalue weighted by Crippen LogP contribution is 2.47. The van der Waals surface area contributed by atoms with Crippen LogP contribution in [0.4, 0.5) is 10.1 Å². The zero-order chi connectivity index (χ0) is 21.1. The molecule has 3 aromatic carbocycles. The number of aromatic hydroxyl groups is 1. The van der Waals surface area contributed by atoms with E-state index in [1.165, 1.54) is 6.07 Å². The van der Waals surface area contributed by atoms with Crippen LogP contribution in [-0.2, 0) is 6.54 Å². The molecule has 1 N–H and O–H groups in total. The molecule has 0 fully saturated rings. The second-order valence-corrected chi connectivity index (χ2v) is 8.38. The van der Waals surface area contributed by atoms with Gasteiger partial charge in [0.1, 0.15) is 11.6 Å².